The number of sulfonamides is 1. The van der Waals surface area contributed by atoms with E-state index in [0.29, 0.717) is 30.5 Å². The molecule has 6 nitrogen and oxygen atoms in total. The topological polar surface area (TPSA) is 67.9 Å². The summed E-state index contributed by atoms with van der Waals surface area (Å²) in [6.45, 7) is 2.37. The zero-order chi connectivity index (χ0) is 21.9. The lowest BCUT2D eigenvalue weighted by molar-refractivity contribution is 0.250. The van der Waals surface area contributed by atoms with E-state index < -0.39 is 26.6 Å². The fourth-order valence-corrected chi connectivity index (χ4v) is 5.74. The molecule has 0 amide bonds. The first-order valence-corrected chi connectivity index (χ1v) is 11.6. The average Bonchev–Trinajstić information content (AvgIpc) is 2.69. The van der Waals surface area contributed by atoms with Crippen molar-refractivity contribution in [2.45, 2.75) is 24.3 Å². The van der Waals surface area contributed by atoms with Crippen LogP contribution in [-0.4, -0.2) is 47.2 Å². The molecule has 0 bridgehead atoms. The van der Waals surface area contributed by atoms with E-state index in [1.807, 2.05) is 12.1 Å². The van der Waals surface area contributed by atoms with E-state index >= 15 is 0 Å². The van der Waals surface area contributed by atoms with Gasteiger partial charge in [0.2, 0.25) is 10.0 Å². The zero-order valence-corrected chi connectivity index (χ0v) is 20.3. The van der Waals surface area contributed by atoms with Gasteiger partial charge in [-0.2, -0.15) is 0 Å². The number of rotatable bonds is 8. The maximum absolute atomic E-state index is 13.9. The minimum atomic E-state index is -4.09. The molecule has 172 valence electrons. The Kier molecular flexibility index (Phi) is 9.08. The summed E-state index contributed by atoms with van der Waals surface area (Å²) in [5.41, 5.74) is 2.36. The van der Waals surface area contributed by atoms with Crippen molar-refractivity contribution in [3.05, 3.63) is 51.5 Å². The van der Waals surface area contributed by atoms with Gasteiger partial charge in [-0.25, -0.2) is 21.9 Å². The fraction of sp³-hybridized carbons (Fsp3) is 0.400. The van der Waals surface area contributed by atoms with Gasteiger partial charge in [0.05, 0.1) is 14.2 Å². The largest absolute Gasteiger partial charge is 0.493 e. The summed E-state index contributed by atoms with van der Waals surface area (Å²) in [6.07, 6.45) is 1.40. The summed E-state index contributed by atoms with van der Waals surface area (Å²) in [5, 5.41) is 0. The van der Waals surface area contributed by atoms with Crippen molar-refractivity contribution in [2.75, 3.05) is 33.9 Å². The van der Waals surface area contributed by atoms with Crippen molar-refractivity contribution in [1.82, 2.24) is 9.62 Å². The van der Waals surface area contributed by atoms with Crippen molar-refractivity contribution in [3.63, 3.8) is 0 Å². The minimum Gasteiger partial charge on any atom is -0.493 e. The van der Waals surface area contributed by atoms with Gasteiger partial charge in [0.1, 0.15) is 16.5 Å². The lowest BCUT2D eigenvalue weighted by Gasteiger charge is -2.29. The van der Waals surface area contributed by atoms with E-state index in [-0.39, 0.29) is 23.4 Å². The molecule has 0 fully saturated rings. The lowest BCUT2D eigenvalue weighted by Crippen LogP contribution is -2.34. The molecule has 0 atom stereocenters. The number of nitrogens with zero attached hydrogens (tertiary/aromatic N) is 1. The van der Waals surface area contributed by atoms with Gasteiger partial charge in [-0.05, 0) is 64.6 Å². The summed E-state index contributed by atoms with van der Waals surface area (Å²) in [5.74, 6) is -0.597. The molecule has 0 saturated carbocycles. The molecule has 3 rings (SSSR count). The summed E-state index contributed by atoms with van der Waals surface area (Å²) in [4.78, 5) is 1.63. The molecule has 31 heavy (non-hydrogen) atoms. The van der Waals surface area contributed by atoms with Crippen molar-refractivity contribution in [1.29, 1.82) is 0 Å². The molecule has 1 N–H and O–H groups in total. The molecular formula is C20H24BrClF2N2O4S. The Balaban J connectivity index is 0.00000341. The van der Waals surface area contributed by atoms with Gasteiger partial charge < -0.3 is 9.47 Å². The van der Waals surface area contributed by atoms with Gasteiger partial charge in [-0.1, -0.05) is 0 Å². The van der Waals surface area contributed by atoms with E-state index in [1.54, 1.807) is 14.2 Å². The molecule has 0 aliphatic carbocycles. The van der Waals surface area contributed by atoms with Crippen LogP contribution in [-0.2, 0) is 23.0 Å². The van der Waals surface area contributed by atoms with Crippen LogP contribution in [0.4, 0.5) is 8.78 Å². The number of nitrogens with one attached hydrogen (secondary N) is 1. The quantitative estimate of drug-likeness (QED) is 0.514. The van der Waals surface area contributed by atoms with Crippen LogP contribution in [0, 0.1) is 11.6 Å². The molecule has 1 aliphatic heterocycles. The first kappa shape index (κ1) is 25.8. The molecule has 0 saturated heterocycles. The molecule has 0 aromatic heterocycles. The Morgan fingerprint density at radius 1 is 1.10 bits per heavy atom. The van der Waals surface area contributed by atoms with Crippen molar-refractivity contribution < 1.29 is 26.7 Å². The smallest absolute Gasteiger partial charge is 0.244 e. The number of ether oxygens (including phenoxy) is 2. The summed E-state index contributed by atoms with van der Waals surface area (Å²) >= 11 is 2.92. The second kappa shape index (κ2) is 10.9. The number of methoxy groups -OCH3 is 2. The van der Waals surface area contributed by atoms with Crippen LogP contribution in [0.15, 0.2) is 33.6 Å². The van der Waals surface area contributed by atoms with Crippen LogP contribution >= 0.6 is 28.3 Å². The van der Waals surface area contributed by atoms with Crippen LogP contribution in [0.2, 0.25) is 0 Å². The number of halogens is 4. The number of fused-ring (bicyclic) bond motifs is 1. The Morgan fingerprint density at radius 3 is 2.35 bits per heavy atom. The van der Waals surface area contributed by atoms with Crippen molar-refractivity contribution in [3.8, 4) is 11.5 Å². The Hall–Kier alpha value is -1.46. The standard InChI is InChI=1S/C20H23BrF2N2O4S.ClH/c1-28-18-8-13-4-7-25(12-14(13)9-19(18)29-2)6-3-5-24-30(26,27)20-16(21)10-15(22)11-17(20)23;/h8-11,24H,3-7,12H2,1-2H3;1H. The summed E-state index contributed by atoms with van der Waals surface area (Å²) in [6, 6.07) is 5.44. The maximum Gasteiger partial charge on any atom is 0.244 e. The predicted molar refractivity (Wildman–Crippen MR) is 120 cm³/mol. The molecule has 0 unspecified atom stereocenters. The summed E-state index contributed by atoms with van der Waals surface area (Å²) in [7, 11) is -0.890. The highest BCUT2D eigenvalue weighted by Crippen LogP contribution is 2.33. The number of hydrogen-bond acceptors (Lipinski definition) is 5. The second-order valence-electron chi connectivity index (χ2n) is 6.95. The Labute approximate surface area is 195 Å². The second-order valence-corrected chi connectivity index (χ2v) is 9.51. The molecule has 0 spiro atoms. The monoisotopic (exact) mass is 540 g/mol. The zero-order valence-electron chi connectivity index (χ0n) is 17.1. The van der Waals surface area contributed by atoms with Crippen LogP contribution < -0.4 is 14.2 Å². The molecule has 0 radical (unpaired) electrons. The Bertz CT molecular complexity index is 1020. The molecule has 11 heteroatoms. The highest BCUT2D eigenvalue weighted by molar-refractivity contribution is 9.10. The highest BCUT2D eigenvalue weighted by Gasteiger charge is 2.24. The lowest BCUT2D eigenvalue weighted by atomic mass is 9.98. The van der Waals surface area contributed by atoms with E-state index in [9.17, 15) is 17.2 Å². The van der Waals surface area contributed by atoms with Gasteiger partial charge in [0.15, 0.2) is 11.5 Å². The first-order chi connectivity index (χ1) is 14.2. The van der Waals surface area contributed by atoms with Crippen LogP contribution in [0.1, 0.15) is 17.5 Å². The van der Waals surface area contributed by atoms with Gasteiger partial charge >= 0.3 is 0 Å². The van der Waals surface area contributed by atoms with Crippen molar-refractivity contribution >= 4 is 38.4 Å². The fourth-order valence-electron chi connectivity index (χ4n) is 3.50. The van der Waals surface area contributed by atoms with Crippen LogP contribution in [0.3, 0.4) is 0 Å². The Morgan fingerprint density at radius 2 is 1.74 bits per heavy atom. The van der Waals surface area contributed by atoms with Gasteiger partial charge in [-0.15, -0.1) is 12.4 Å². The van der Waals surface area contributed by atoms with E-state index in [2.05, 4.69) is 25.6 Å². The number of benzene rings is 2. The maximum atomic E-state index is 13.9. The van der Waals surface area contributed by atoms with E-state index in [4.69, 9.17) is 9.47 Å². The van der Waals surface area contributed by atoms with E-state index in [0.717, 1.165) is 31.1 Å². The third kappa shape index (κ3) is 6.07. The third-order valence-corrected chi connectivity index (χ3v) is 7.40. The SMILES string of the molecule is COc1cc2c(cc1OC)CN(CCCNS(=O)(=O)c1c(F)cc(F)cc1Br)CC2.Cl. The highest BCUT2D eigenvalue weighted by atomic mass is 79.9. The molecule has 2 aromatic rings. The van der Waals surface area contributed by atoms with Gasteiger partial charge in [-0.3, -0.25) is 4.90 Å². The van der Waals surface area contributed by atoms with Crippen molar-refractivity contribution in [2.24, 2.45) is 0 Å². The van der Waals surface area contributed by atoms with Gasteiger partial charge in [0, 0.05) is 30.2 Å². The van der Waals surface area contributed by atoms with Gasteiger partial charge in [0.25, 0.3) is 0 Å². The summed E-state index contributed by atoms with van der Waals surface area (Å²) < 4.78 is 64.9. The molecule has 2 aromatic carbocycles. The minimum absolute atomic E-state index is 0. The third-order valence-electron chi connectivity index (χ3n) is 4.97. The first-order valence-electron chi connectivity index (χ1n) is 9.35. The van der Waals surface area contributed by atoms with E-state index in [1.165, 1.54) is 5.56 Å². The van der Waals surface area contributed by atoms with Crippen LogP contribution in [0.25, 0.3) is 0 Å². The number of hydrogen-bond donors (Lipinski definition) is 1. The van der Waals surface area contributed by atoms with Crippen LogP contribution in [0.5, 0.6) is 11.5 Å². The normalized spacial score (nSPS) is 14.0. The molecule has 1 heterocycles. The predicted octanol–water partition coefficient (Wildman–Crippen LogP) is 3.89. The molecular weight excluding hydrogens is 518 g/mol. The average molecular weight is 542 g/mol. The molecule has 1 aliphatic rings.